The van der Waals surface area contributed by atoms with Crippen molar-refractivity contribution in [3.8, 4) is 5.88 Å². The van der Waals surface area contributed by atoms with Gasteiger partial charge in [-0.15, -0.1) is 0 Å². The lowest BCUT2D eigenvalue weighted by Crippen LogP contribution is -2.31. The molecule has 1 N–H and O–H groups in total. The first-order chi connectivity index (χ1) is 12.7. The number of nitrogens with zero attached hydrogens (tertiary/aromatic N) is 4. The van der Waals surface area contributed by atoms with Gasteiger partial charge in [-0.1, -0.05) is 12.1 Å². The zero-order valence-corrected chi connectivity index (χ0v) is 15.0. The molecule has 1 saturated heterocycles. The van der Waals surface area contributed by atoms with E-state index in [1.165, 1.54) is 0 Å². The van der Waals surface area contributed by atoms with Gasteiger partial charge in [0.2, 0.25) is 11.8 Å². The largest absolute Gasteiger partial charge is 0.478 e. The number of carboxylic acid groups (broad SMARTS) is 1. The highest BCUT2D eigenvalue weighted by Gasteiger charge is 2.18. The van der Waals surface area contributed by atoms with Crippen LogP contribution in [-0.2, 0) is 6.54 Å². The van der Waals surface area contributed by atoms with Gasteiger partial charge in [-0.05, 0) is 31.0 Å². The fraction of sp³-hybridized carbons (Fsp3) is 0.421. The molecular weight excluding hydrogens is 332 g/mol. The molecule has 2 aromatic rings. The number of hydrogen-bond donors (Lipinski definition) is 1. The normalized spacial score (nSPS) is 15.5. The van der Waals surface area contributed by atoms with Gasteiger partial charge in [-0.2, -0.15) is 4.98 Å². The fourth-order valence-corrected chi connectivity index (χ4v) is 3.10. The van der Waals surface area contributed by atoms with Crippen molar-refractivity contribution in [2.75, 3.05) is 37.7 Å². The van der Waals surface area contributed by atoms with Crippen molar-refractivity contribution in [1.29, 1.82) is 0 Å². The zero-order valence-electron chi connectivity index (χ0n) is 15.0. The quantitative estimate of drug-likeness (QED) is 0.851. The van der Waals surface area contributed by atoms with E-state index in [2.05, 4.69) is 19.8 Å². The number of carbonyl (C=O) groups is 1. The maximum absolute atomic E-state index is 11.1. The minimum absolute atomic E-state index is 0.333. The van der Waals surface area contributed by atoms with E-state index in [4.69, 9.17) is 9.84 Å². The van der Waals surface area contributed by atoms with Crippen LogP contribution in [0.1, 0.15) is 29.3 Å². The number of carboxylic acids is 1. The highest BCUT2D eigenvalue weighted by Crippen LogP contribution is 2.16. The van der Waals surface area contributed by atoms with Crippen LogP contribution in [-0.4, -0.2) is 58.7 Å². The molecule has 0 radical (unpaired) electrons. The van der Waals surface area contributed by atoms with Crippen LogP contribution in [0.5, 0.6) is 5.88 Å². The van der Waals surface area contributed by atoms with Crippen molar-refractivity contribution in [2.45, 2.75) is 19.9 Å². The molecule has 3 rings (SSSR count). The van der Waals surface area contributed by atoms with Crippen LogP contribution in [0.2, 0.25) is 0 Å². The van der Waals surface area contributed by atoms with Crippen LogP contribution in [0.25, 0.3) is 0 Å². The molecule has 0 bridgehead atoms. The summed E-state index contributed by atoms with van der Waals surface area (Å²) >= 11 is 0. The number of aromatic nitrogens is 2. The Bertz CT molecular complexity index is 753. The number of benzene rings is 1. The Hall–Kier alpha value is -2.67. The number of rotatable bonds is 6. The number of ether oxygens (including phenoxy) is 1. The van der Waals surface area contributed by atoms with Crippen molar-refractivity contribution >= 4 is 11.9 Å². The predicted molar refractivity (Wildman–Crippen MR) is 98.7 cm³/mol. The minimum Gasteiger partial charge on any atom is -0.478 e. The van der Waals surface area contributed by atoms with E-state index < -0.39 is 5.97 Å². The molecule has 138 valence electrons. The second-order valence-corrected chi connectivity index (χ2v) is 6.25. The van der Waals surface area contributed by atoms with Crippen molar-refractivity contribution in [3.63, 3.8) is 0 Å². The van der Waals surface area contributed by atoms with Gasteiger partial charge in [0.25, 0.3) is 0 Å². The molecule has 0 atom stereocenters. The first kappa shape index (κ1) is 18.1. The average Bonchev–Trinajstić information content (AvgIpc) is 2.88. The third kappa shape index (κ3) is 4.70. The van der Waals surface area contributed by atoms with Crippen LogP contribution in [0.3, 0.4) is 0 Å². The summed E-state index contributed by atoms with van der Waals surface area (Å²) < 4.78 is 5.46. The number of aromatic carboxylic acids is 1. The first-order valence-electron chi connectivity index (χ1n) is 8.91. The summed E-state index contributed by atoms with van der Waals surface area (Å²) in [5.41, 5.74) is 1.35. The Morgan fingerprint density at radius 1 is 1.23 bits per heavy atom. The summed E-state index contributed by atoms with van der Waals surface area (Å²) in [5, 5.41) is 9.14. The van der Waals surface area contributed by atoms with Gasteiger partial charge >= 0.3 is 5.97 Å². The second-order valence-electron chi connectivity index (χ2n) is 6.25. The van der Waals surface area contributed by atoms with E-state index in [0.717, 1.165) is 44.7 Å². The molecule has 7 nitrogen and oxygen atoms in total. The molecule has 26 heavy (non-hydrogen) atoms. The molecule has 0 aliphatic carbocycles. The molecule has 0 unspecified atom stereocenters. The van der Waals surface area contributed by atoms with Crippen molar-refractivity contribution in [1.82, 2.24) is 14.9 Å². The van der Waals surface area contributed by atoms with Crippen molar-refractivity contribution in [3.05, 3.63) is 47.7 Å². The summed E-state index contributed by atoms with van der Waals surface area (Å²) in [4.78, 5) is 24.5. The highest BCUT2D eigenvalue weighted by atomic mass is 16.5. The van der Waals surface area contributed by atoms with Gasteiger partial charge in [0, 0.05) is 45.0 Å². The summed E-state index contributed by atoms with van der Waals surface area (Å²) in [5.74, 6) is 0.412. The van der Waals surface area contributed by atoms with Crippen LogP contribution in [0, 0.1) is 0 Å². The van der Waals surface area contributed by atoms with Crippen LogP contribution < -0.4 is 9.64 Å². The van der Waals surface area contributed by atoms with Crippen molar-refractivity contribution < 1.29 is 14.6 Å². The third-order valence-corrected chi connectivity index (χ3v) is 4.36. The molecule has 1 aliphatic heterocycles. The van der Waals surface area contributed by atoms with E-state index in [-0.39, 0.29) is 0 Å². The first-order valence-corrected chi connectivity index (χ1v) is 8.91. The highest BCUT2D eigenvalue weighted by molar-refractivity contribution is 5.87. The van der Waals surface area contributed by atoms with E-state index in [1.54, 1.807) is 30.5 Å². The van der Waals surface area contributed by atoms with E-state index in [1.807, 2.05) is 13.0 Å². The monoisotopic (exact) mass is 356 g/mol. The topological polar surface area (TPSA) is 78.8 Å². The Labute approximate surface area is 153 Å². The molecule has 1 aliphatic rings. The van der Waals surface area contributed by atoms with Crippen LogP contribution in [0.4, 0.5) is 5.95 Å². The summed E-state index contributed by atoms with van der Waals surface area (Å²) in [6.45, 7) is 6.81. The van der Waals surface area contributed by atoms with Gasteiger partial charge in [0.05, 0.1) is 12.2 Å². The molecule has 1 fully saturated rings. The Morgan fingerprint density at radius 2 is 2.12 bits per heavy atom. The molecule has 1 aromatic heterocycles. The smallest absolute Gasteiger partial charge is 0.335 e. The summed E-state index contributed by atoms with van der Waals surface area (Å²) in [6.07, 6.45) is 2.73. The van der Waals surface area contributed by atoms with Crippen molar-refractivity contribution in [2.24, 2.45) is 0 Å². The maximum Gasteiger partial charge on any atom is 0.335 e. The van der Waals surface area contributed by atoms with Gasteiger partial charge < -0.3 is 14.7 Å². The second kappa shape index (κ2) is 8.62. The van der Waals surface area contributed by atoms with E-state index in [0.29, 0.717) is 24.0 Å². The molecule has 7 heteroatoms. The SMILES string of the molecule is CCOc1ccnc(N2CCCN(Cc3cccc(C(=O)O)c3)CC2)n1. The maximum atomic E-state index is 11.1. The minimum atomic E-state index is -0.889. The Kier molecular flexibility index (Phi) is 6.01. The molecule has 0 spiro atoms. The van der Waals surface area contributed by atoms with Gasteiger partial charge in [0.15, 0.2) is 0 Å². The predicted octanol–water partition coefficient (Wildman–Crippen LogP) is 2.29. The fourth-order valence-electron chi connectivity index (χ4n) is 3.10. The molecule has 0 amide bonds. The number of hydrogen-bond acceptors (Lipinski definition) is 6. The van der Waals surface area contributed by atoms with E-state index >= 15 is 0 Å². The molecule has 0 saturated carbocycles. The van der Waals surface area contributed by atoms with Gasteiger partial charge in [-0.3, -0.25) is 4.90 Å². The van der Waals surface area contributed by atoms with Gasteiger partial charge in [0.1, 0.15) is 0 Å². The number of anilines is 1. The summed E-state index contributed by atoms with van der Waals surface area (Å²) in [7, 11) is 0. The van der Waals surface area contributed by atoms with Crippen LogP contribution >= 0.6 is 0 Å². The van der Waals surface area contributed by atoms with Gasteiger partial charge in [-0.25, -0.2) is 9.78 Å². The molecule has 1 aromatic carbocycles. The lowest BCUT2D eigenvalue weighted by atomic mass is 10.1. The molecular formula is C19H24N4O3. The standard InChI is InChI=1S/C19H24N4O3/c1-2-26-17-7-8-20-19(21-17)23-10-4-9-22(11-12-23)14-15-5-3-6-16(13-15)18(24)25/h3,5-8,13H,2,4,9-12,14H2,1H3,(H,24,25). The Morgan fingerprint density at radius 3 is 2.92 bits per heavy atom. The third-order valence-electron chi connectivity index (χ3n) is 4.36. The average molecular weight is 356 g/mol. The summed E-state index contributed by atoms with van der Waals surface area (Å²) in [6, 6.07) is 8.92. The lowest BCUT2D eigenvalue weighted by molar-refractivity contribution is 0.0696. The zero-order chi connectivity index (χ0) is 18.4. The van der Waals surface area contributed by atoms with Crippen LogP contribution in [0.15, 0.2) is 36.5 Å². The molecule has 2 heterocycles. The lowest BCUT2D eigenvalue weighted by Gasteiger charge is -2.22. The Balaban J connectivity index is 1.62. The van der Waals surface area contributed by atoms with E-state index in [9.17, 15) is 4.79 Å².